The third kappa shape index (κ3) is 2.76. The summed E-state index contributed by atoms with van der Waals surface area (Å²) in [5.74, 6) is 2.55. The minimum absolute atomic E-state index is 0.0187. The fourth-order valence-electron chi connectivity index (χ4n) is 2.73. The largest absolute Gasteiger partial charge is 0.486 e. The van der Waals surface area contributed by atoms with Crippen LogP contribution in [0.25, 0.3) is 0 Å². The van der Waals surface area contributed by atoms with E-state index in [1.807, 2.05) is 28.9 Å². The number of para-hydroxylation sites is 2. The van der Waals surface area contributed by atoms with E-state index in [2.05, 4.69) is 27.5 Å². The molecule has 0 N–H and O–H groups in total. The Morgan fingerprint density at radius 2 is 2.09 bits per heavy atom. The molecule has 0 bridgehead atoms. The van der Waals surface area contributed by atoms with Crippen molar-refractivity contribution in [3.8, 4) is 11.5 Å². The number of aromatic nitrogens is 4. The monoisotopic (exact) mass is 301 g/mol. The number of likely N-dealkylation sites (N-methyl/N-ethyl adjacent to an activating group) is 1. The van der Waals surface area contributed by atoms with Crippen molar-refractivity contribution in [3.63, 3.8) is 0 Å². The summed E-state index contributed by atoms with van der Waals surface area (Å²) in [6, 6.07) is 8.28. The summed E-state index contributed by atoms with van der Waals surface area (Å²) < 4.78 is 13.7. The minimum atomic E-state index is 0.0187. The Morgan fingerprint density at radius 1 is 1.27 bits per heavy atom. The highest BCUT2D eigenvalue weighted by atomic mass is 16.6. The van der Waals surface area contributed by atoms with Crippen molar-refractivity contribution in [2.24, 2.45) is 0 Å². The Morgan fingerprint density at radius 3 is 2.91 bits per heavy atom. The molecule has 0 spiro atoms. The van der Waals surface area contributed by atoms with Crippen LogP contribution in [0.4, 0.5) is 0 Å². The molecule has 22 heavy (non-hydrogen) atoms. The molecule has 7 heteroatoms. The Bertz CT molecular complexity index is 655. The van der Waals surface area contributed by atoms with Crippen molar-refractivity contribution in [1.82, 2.24) is 25.1 Å². The minimum Gasteiger partial charge on any atom is -0.486 e. The van der Waals surface area contributed by atoms with Gasteiger partial charge in [0.2, 0.25) is 0 Å². The lowest BCUT2D eigenvalue weighted by Gasteiger charge is -2.29. The molecular formula is C15H19N5O2. The van der Waals surface area contributed by atoms with Gasteiger partial charge in [-0.1, -0.05) is 12.1 Å². The average Bonchev–Trinajstić information content (AvgIpc) is 3.27. The topological polar surface area (TPSA) is 65.3 Å². The quantitative estimate of drug-likeness (QED) is 0.829. The van der Waals surface area contributed by atoms with Gasteiger partial charge in [0.15, 0.2) is 17.3 Å². The average molecular weight is 301 g/mol. The number of hydrogen-bond acceptors (Lipinski definition) is 6. The van der Waals surface area contributed by atoms with Gasteiger partial charge in [-0.2, -0.15) is 0 Å². The highest BCUT2D eigenvalue weighted by Crippen LogP contribution is 2.34. The lowest BCUT2D eigenvalue weighted by molar-refractivity contribution is 0.0629. The molecule has 2 heterocycles. The molecule has 0 saturated heterocycles. The van der Waals surface area contributed by atoms with Crippen LogP contribution in [0.5, 0.6) is 11.5 Å². The zero-order valence-electron chi connectivity index (χ0n) is 12.6. The third-order valence-electron chi connectivity index (χ3n) is 3.95. The predicted molar refractivity (Wildman–Crippen MR) is 78.8 cm³/mol. The number of hydrogen-bond donors (Lipinski definition) is 0. The molecule has 1 aromatic carbocycles. The van der Waals surface area contributed by atoms with Crippen LogP contribution >= 0.6 is 0 Å². The Labute approximate surface area is 128 Å². The maximum atomic E-state index is 5.99. The maximum Gasteiger partial charge on any atom is 0.165 e. The van der Waals surface area contributed by atoms with Gasteiger partial charge >= 0.3 is 0 Å². The molecule has 2 aliphatic rings. The van der Waals surface area contributed by atoms with E-state index in [1.54, 1.807) is 0 Å². The van der Waals surface area contributed by atoms with Gasteiger partial charge in [-0.15, -0.1) is 5.10 Å². The van der Waals surface area contributed by atoms with Crippen LogP contribution in [0.1, 0.15) is 24.7 Å². The van der Waals surface area contributed by atoms with Crippen molar-refractivity contribution in [3.05, 3.63) is 30.1 Å². The number of ether oxygens (including phenoxy) is 2. The molecule has 1 aromatic heterocycles. The Kier molecular flexibility index (Phi) is 3.42. The fraction of sp³-hybridized carbons (Fsp3) is 0.533. The van der Waals surface area contributed by atoms with Crippen molar-refractivity contribution < 1.29 is 9.47 Å². The van der Waals surface area contributed by atoms with Crippen molar-refractivity contribution in [1.29, 1.82) is 0 Å². The summed E-state index contributed by atoms with van der Waals surface area (Å²) in [7, 11) is 2.05. The van der Waals surface area contributed by atoms with Gasteiger partial charge in [0, 0.05) is 6.54 Å². The number of fused-ring (bicyclic) bond motifs is 1. The molecule has 2 aromatic rings. The lowest BCUT2D eigenvalue weighted by Crippen LogP contribution is -2.39. The Hall–Kier alpha value is -2.15. The molecule has 1 saturated carbocycles. The fourth-order valence-corrected chi connectivity index (χ4v) is 2.73. The van der Waals surface area contributed by atoms with Gasteiger partial charge in [-0.05, 0) is 42.4 Å². The number of rotatable bonds is 5. The highest BCUT2D eigenvalue weighted by molar-refractivity contribution is 5.40. The van der Waals surface area contributed by atoms with E-state index in [0.29, 0.717) is 19.2 Å². The first-order valence-electron chi connectivity index (χ1n) is 7.63. The molecular weight excluding hydrogens is 282 g/mol. The molecule has 0 amide bonds. The molecule has 1 atom stereocenters. The summed E-state index contributed by atoms with van der Waals surface area (Å²) in [6.07, 6.45) is 2.38. The zero-order chi connectivity index (χ0) is 14.9. The van der Waals surface area contributed by atoms with Gasteiger partial charge in [-0.25, -0.2) is 4.68 Å². The van der Waals surface area contributed by atoms with Crippen LogP contribution in [0.2, 0.25) is 0 Å². The van der Waals surface area contributed by atoms with Crippen LogP contribution in [0, 0.1) is 0 Å². The maximum absolute atomic E-state index is 5.99. The standard InChI is InChI=1S/C15H19N5O2/c1-19(9-15-16-17-18-20(15)11-6-7-11)8-12-10-21-13-4-2-3-5-14(13)22-12/h2-5,11-12H,6-10H2,1H3. The molecule has 1 fully saturated rings. The van der Waals surface area contributed by atoms with Crippen LogP contribution in [-0.2, 0) is 6.54 Å². The lowest BCUT2D eigenvalue weighted by atomic mass is 10.2. The first-order valence-corrected chi connectivity index (χ1v) is 7.63. The summed E-state index contributed by atoms with van der Waals surface area (Å²) in [4.78, 5) is 2.17. The van der Waals surface area contributed by atoms with Gasteiger partial charge in [0.25, 0.3) is 0 Å². The normalized spacial score (nSPS) is 20.4. The smallest absolute Gasteiger partial charge is 0.165 e. The van der Waals surface area contributed by atoms with E-state index < -0.39 is 0 Å². The predicted octanol–water partition coefficient (Wildman–Crippen LogP) is 1.28. The van der Waals surface area contributed by atoms with Crippen molar-refractivity contribution in [2.45, 2.75) is 31.5 Å². The molecule has 1 unspecified atom stereocenters. The first-order chi connectivity index (χ1) is 10.8. The van der Waals surface area contributed by atoms with E-state index >= 15 is 0 Å². The van der Waals surface area contributed by atoms with E-state index in [9.17, 15) is 0 Å². The first kappa shape index (κ1) is 13.5. The van der Waals surface area contributed by atoms with Gasteiger partial charge in [-0.3, -0.25) is 4.90 Å². The highest BCUT2D eigenvalue weighted by Gasteiger charge is 2.28. The van der Waals surface area contributed by atoms with Crippen LogP contribution < -0.4 is 9.47 Å². The number of nitrogens with zero attached hydrogens (tertiary/aromatic N) is 5. The molecule has 7 nitrogen and oxygen atoms in total. The number of tetrazole rings is 1. The molecule has 116 valence electrons. The molecule has 0 radical (unpaired) electrons. The second-order valence-corrected chi connectivity index (χ2v) is 5.97. The van der Waals surface area contributed by atoms with E-state index in [0.717, 1.165) is 23.9 Å². The molecule has 4 rings (SSSR count). The molecule has 1 aliphatic heterocycles. The van der Waals surface area contributed by atoms with Gasteiger partial charge in [0.1, 0.15) is 12.7 Å². The van der Waals surface area contributed by atoms with Crippen LogP contribution in [-0.4, -0.2) is 51.4 Å². The summed E-state index contributed by atoms with van der Waals surface area (Å²) in [6.45, 7) is 2.05. The van der Waals surface area contributed by atoms with E-state index in [4.69, 9.17) is 9.47 Å². The Balaban J connectivity index is 1.36. The summed E-state index contributed by atoms with van der Waals surface area (Å²) in [5.41, 5.74) is 0. The summed E-state index contributed by atoms with van der Waals surface area (Å²) >= 11 is 0. The van der Waals surface area contributed by atoms with Gasteiger partial charge < -0.3 is 9.47 Å². The SMILES string of the molecule is CN(Cc1nnnn1C1CC1)CC1COc2ccccc2O1. The van der Waals surface area contributed by atoms with E-state index in [1.165, 1.54) is 12.8 Å². The van der Waals surface area contributed by atoms with E-state index in [-0.39, 0.29) is 6.10 Å². The summed E-state index contributed by atoms with van der Waals surface area (Å²) in [5, 5.41) is 12.0. The second-order valence-electron chi connectivity index (χ2n) is 5.97. The number of benzene rings is 1. The van der Waals surface area contributed by atoms with Crippen molar-refractivity contribution in [2.75, 3.05) is 20.2 Å². The van der Waals surface area contributed by atoms with Crippen LogP contribution in [0.3, 0.4) is 0 Å². The zero-order valence-corrected chi connectivity index (χ0v) is 12.6. The molecule has 1 aliphatic carbocycles. The van der Waals surface area contributed by atoms with Crippen LogP contribution in [0.15, 0.2) is 24.3 Å². The third-order valence-corrected chi connectivity index (χ3v) is 3.95. The second kappa shape index (κ2) is 5.57. The van der Waals surface area contributed by atoms with Gasteiger partial charge in [0.05, 0.1) is 12.6 Å². The van der Waals surface area contributed by atoms with Crippen molar-refractivity contribution >= 4 is 0 Å².